The Morgan fingerprint density at radius 1 is 1.07 bits per heavy atom. The minimum atomic E-state index is -0.214. The highest BCUT2D eigenvalue weighted by molar-refractivity contribution is 6.31. The Morgan fingerprint density at radius 2 is 1.76 bits per heavy atom. The van der Waals surface area contributed by atoms with Crippen molar-refractivity contribution in [2.75, 3.05) is 36.4 Å². The molecule has 0 unspecified atom stereocenters. The summed E-state index contributed by atoms with van der Waals surface area (Å²) in [5.74, 6) is 2.15. The van der Waals surface area contributed by atoms with Crippen LogP contribution in [-0.2, 0) is 4.79 Å². The van der Waals surface area contributed by atoms with E-state index in [-0.39, 0.29) is 11.9 Å². The van der Waals surface area contributed by atoms with Crippen LogP contribution in [0.2, 0.25) is 5.02 Å². The number of rotatable bonds is 5. The van der Waals surface area contributed by atoms with Gasteiger partial charge in [-0.15, -0.1) is 0 Å². The number of hydrogen-bond donors (Lipinski definition) is 1. The van der Waals surface area contributed by atoms with Gasteiger partial charge in [-0.25, -0.2) is 9.97 Å². The minimum Gasteiger partial charge on any atom is -0.354 e. The number of anilines is 2. The van der Waals surface area contributed by atoms with E-state index in [9.17, 15) is 4.79 Å². The molecule has 2 heterocycles. The quantitative estimate of drug-likeness (QED) is 0.799. The maximum atomic E-state index is 12.8. The van der Waals surface area contributed by atoms with Crippen molar-refractivity contribution < 1.29 is 4.79 Å². The first-order valence-electron chi connectivity index (χ1n) is 10.2. The largest absolute Gasteiger partial charge is 0.354 e. The molecule has 3 rings (SSSR count). The van der Waals surface area contributed by atoms with Crippen LogP contribution >= 0.6 is 11.6 Å². The summed E-state index contributed by atoms with van der Waals surface area (Å²) in [4.78, 5) is 26.5. The Hall–Kier alpha value is -2.18. The molecule has 1 amide bonds. The molecule has 1 aromatic heterocycles. The molecular formula is C22H30ClN5O. The van der Waals surface area contributed by atoms with Crippen molar-refractivity contribution in [3.05, 3.63) is 46.4 Å². The molecule has 0 spiro atoms. The van der Waals surface area contributed by atoms with Gasteiger partial charge in [-0.2, -0.15) is 0 Å². The van der Waals surface area contributed by atoms with E-state index in [2.05, 4.69) is 33.9 Å². The van der Waals surface area contributed by atoms with Gasteiger partial charge in [0.25, 0.3) is 0 Å². The number of carbonyl (C=O) groups excluding carboxylic acids is 1. The van der Waals surface area contributed by atoms with Crippen molar-refractivity contribution in [3.8, 4) is 0 Å². The SMILES string of the molecule is Cc1cc(N2CCN([C@H](C)C(=O)Nc3cc(Cl)ccc3C)CC2)nc(C(C)C)n1. The van der Waals surface area contributed by atoms with E-state index in [1.54, 1.807) is 6.07 Å². The fraction of sp³-hybridized carbons (Fsp3) is 0.500. The highest BCUT2D eigenvalue weighted by Gasteiger charge is 2.26. The summed E-state index contributed by atoms with van der Waals surface area (Å²) < 4.78 is 0. The molecule has 1 aliphatic heterocycles. The van der Waals surface area contributed by atoms with E-state index in [0.717, 1.165) is 54.8 Å². The maximum Gasteiger partial charge on any atom is 0.241 e. The molecule has 6 nitrogen and oxygen atoms in total. The molecule has 1 N–H and O–H groups in total. The van der Waals surface area contributed by atoms with Crippen molar-refractivity contribution in [2.24, 2.45) is 0 Å². The van der Waals surface area contributed by atoms with Gasteiger partial charge in [0.1, 0.15) is 11.6 Å². The second kappa shape index (κ2) is 9.09. The zero-order valence-corrected chi connectivity index (χ0v) is 18.6. The number of benzene rings is 1. The van der Waals surface area contributed by atoms with E-state index in [4.69, 9.17) is 16.6 Å². The van der Waals surface area contributed by atoms with Crippen LogP contribution < -0.4 is 10.2 Å². The zero-order valence-electron chi connectivity index (χ0n) is 17.9. The Kier molecular flexibility index (Phi) is 6.75. The topological polar surface area (TPSA) is 61.4 Å². The van der Waals surface area contributed by atoms with Crippen LogP contribution in [0.4, 0.5) is 11.5 Å². The zero-order chi connectivity index (χ0) is 21.1. The van der Waals surface area contributed by atoms with Gasteiger partial charge in [0.05, 0.1) is 6.04 Å². The number of halogens is 1. The van der Waals surface area contributed by atoms with Crippen LogP contribution in [0, 0.1) is 13.8 Å². The van der Waals surface area contributed by atoms with Gasteiger partial charge in [0.2, 0.25) is 5.91 Å². The third-order valence-electron chi connectivity index (χ3n) is 5.40. The Labute approximate surface area is 178 Å². The third kappa shape index (κ3) is 5.25. The van der Waals surface area contributed by atoms with E-state index in [1.165, 1.54) is 0 Å². The summed E-state index contributed by atoms with van der Waals surface area (Å²) in [5.41, 5.74) is 2.76. The predicted molar refractivity (Wildman–Crippen MR) is 119 cm³/mol. The number of nitrogens with one attached hydrogen (secondary N) is 1. The number of amides is 1. The first-order valence-corrected chi connectivity index (χ1v) is 10.5. The first kappa shape index (κ1) is 21.5. The van der Waals surface area contributed by atoms with E-state index < -0.39 is 0 Å². The molecule has 29 heavy (non-hydrogen) atoms. The molecule has 7 heteroatoms. The summed E-state index contributed by atoms with van der Waals surface area (Å²) in [7, 11) is 0. The average Bonchev–Trinajstić information content (AvgIpc) is 2.69. The summed E-state index contributed by atoms with van der Waals surface area (Å²) in [6, 6.07) is 7.36. The Morgan fingerprint density at radius 3 is 2.41 bits per heavy atom. The molecule has 2 aromatic rings. The highest BCUT2D eigenvalue weighted by Crippen LogP contribution is 2.22. The minimum absolute atomic E-state index is 0.0104. The fourth-order valence-electron chi connectivity index (χ4n) is 3.46. The van der Waals surface area contributed by atoms with Crippen LogP contribution in [0.5, 0.6) is 0 Å². The standard InChI is InChI=1S/C22H30ClN5O/c1-14(2)21-24-16(4)12-20(26-21)28-10-8-27(9-11-28)17(5)22(29)25-19-13-18(23)7-6-15(19)3/h6-7,12-14,17H,8-11H2,1-5H3,(H,25,29)/t17-/m1/s1. The molecule has 1 atom stereocenters. The van der Waals surface area contributed by atoms with Crippen LogP contribution in [0.1, 0.15) is 43.8 Å². The number of carbonyl (C=O) groups is 1. The molecule has 156 valence electrons. The van der Waals surface area contributed by atoms with Crippen molar-refractivity contribution in [3.63, 3.8) is 0 Å². The second-order valence-corrected chi connectivity index (χ2v) is 8.46. The van der Waals surface area contributed by atoms with Gasteiger partial charge in [0.15, 0.2) is 0 Å². The van der Waals surface area contributed by atoms with Crippen LogP contribution in [0.3, 0.4) is 0 Å². The van der Waals surface area contributed by atoms with Gasteiger partial charge in [0, 0.05) is 54.6 Å². The second-order valence-electron chi connectivity index (χ2n) is 8.03. The van der Waals surface area contributed by atoms with Gasteiger partial charge < -0.3 is 10.2 Å². The molecule has 0 bridgehead atoms. The van der Waals surface area contributed by atoms with E-state index in [0.29, 0.717) is 10.9 Å². The Balaban J connectivity index is 1.61. The van der Waals surface area contributed by atoms with Gasteiger partial charge in [-0.05, 0) is 38.5 Å². The molecule has 1 aliphatic rings. The Bertz CT molecular complexity index is 878. The first-order chi connectivity index (χ1) is 13.7. The number of aryl methyl sites for hydroxylation is 2. The van der Waals surface area contributed by atoms with Crippen LogP contribution in [0.15, 0.2) is 24.3 Å². The lowest BCUT2D eigenvalue weighted by Crippen LogP contribution is -2.53. The van der Waals surface area contributed by atoms with Crippen molar-refractivity contribution >= 4 is 29.0 Å². The van der Waals surface area contributed by atoms with Crippen LogP contribution in [-0.4, -0.2) is 53.0 Å². The lowest BCUT2D eigenvalue weighted by molar-refractivity contribution is -0.120. The summed E-state index contributed by atoms with van der Waals surface area (Å²) >= 11 is 6.07. The van der Waals surface area contributed by atoms with Gasteiger partial charge in [-0.1, -0.05) is 31.5 Å². The van der Waals surface area contributed by atoms with Crippen molar-refractivity contribution in [1.29, 1.82) is 0 Å². The van der Waals surface area contributed by atoms with Crippen LogP contribution in [0.25, 0.3) is 0 Å². The molecular weight excluding hydrogens is 386 g/mol. The van der Waals surface area contributed by atoms with E-state index >= 15 is 0 Å². The number of nitrogens with zero attached hydrogens (tertiary/aromatic N) is 4. The summed E-state index contributed by atoms with van der Waals surface area (Å²) in [5, 5.41) is 3.64. The molecule has 0 radical (unpaired) electrons. The molecule has 1 fully saturated rings. The summed E-state index contributed by atoms with van der Waals surface area (Å²) in [6.07, 6.45) is 0. The smallest absolute Gasteiger partial charge is 0.241 e. The molecule has 0 saturated carbocycles. The number of hydrogen-bond acceptors (Lipinski definition) is 5. The monoisotopic (exact) mass is 415 g/mol. The van der Waals surface area contributed by atoms with E-state index in [1.807, 2.05) is 39.0 Å². The average molecular weight is 416 g/mol. The predicted octanol–water partition coefficient (Wildman–Crippen LogP) is 4.02. The van der Waals surface area contributed by atoms with Crippen molar-refractivity contribution in [1.82, 2.24) is 14.9 Å². The van der Waals surface area contributed by atoms with Gasteiger partial charge in [-0.3, -0.25) is 9.69 Å². The fourth-order valence-corrected chi connectivity index (χ4v) is 3.64. The molecule has 0 aliphatic carbocycles. The normalized spacial score (nSPS) is 16.2. The van der Waals surface area contributed by atoms with Crippen molar-refractivity contribution in [2.45, 2.75) is 46.6 Å². The summed E-state index contributed by atoms with van der Waals surface area (Å²) in [6.45, 7) is 13.4. The maximum absolute atomic E-state index is 12.8. The molecule has 1 aromatic carbocycles. The number of piperazine rings is 1. The third-order valence-corrected chi connectivity index (χ3v) is 5.63. The molecule has 1 saturated heterocycles. The lowest BCUT2D eigenvalue weighted by Gasteiger charge is -2.38. The lowest BCUT2D eigenvalue weighted by atomic mass is 10.1. The number of aromatic nitrogens is 2. The van der Waals surface area contributed by atoms with Gasteiger partial charge >= 0.3 is 0 Å². The highest BCUT2D eigenvalue weighted by atomic mass is 35.5.